The van der Waals surface area contributed by atoms with Crippen molar-refractivity contribution < 1.29 is 9.63 Å². The molecule has 0 radical (unpaired) electrons. The molecule has 0 aliphatic rings. The van der Waals surface area contributed by atoms with Gasteiger partial charge in [0.2, 0.25) is 0 Å². The van der Waals surface area contributed by atoms with Crippen LogP contribution in [0.25, 0.3) is 11.3 Å². The van der Waals surface area contributed by atoms with Crippen LogP contribution < -0.4 is 0 Å². The molecule has 20 heavy (non-hydrogen) atoms. The summed E-state index contributed by atoms with van der Waals surface area (Å²) in [6.07, 6.45) is 1.57. The summed E-state index contributed by atoms with van der Waals surface area (Å²) in [4.78, 5) is 0. The summed E-state index contributed by atoms with van der Waals surface area (Å²) < 4.78 is 4.94. The summed E-state index contributed by atoms with van der Waals surface area (Å²) >= 11 is 0. The van der Waals surface area contributed by atoms with E-state index < -0.39 is 0 Å². The third kappa shape index (κ3) is 2.72. The number of aromatic nitrogens is 1. The molecule has 0 bridgehead atoms. The number of nitrogens with zero attached hydrogens (tertiary/aromatic N) is 1. The second-order valence-corrected chi connectivity index (χ2v) is 7.30. The quantitative estimate of drug-likeness (QED) is 0.823. The van der Waals surface area contributed by atoms with E-state index in [1.54, 1.807) is 6.26 Å². The standard InChI is InChI=1S/C17H23NO2/c1-16(2,3)12-9-11(14-7-8-20-18-14)10-13(15(12)19)17(4,5)6/h7-10,19H,1-6H3. The molecule has 0 spiro atoms. The van der Waals surface area contributed by atoms with Gasteiger partial charge in [0.05, 0.1) is 0 Å². The largest absolute Gasteiger partial charge is 0.507 e. The summed E-state index contributed by atoms with van der Waals surface area (Å²) in [5, 5.41) is 14.6. The van der Waals surface area contributed by atoms with Crippen molar-refractivity contribution in [2.45, 2.75) is 52.4 Å². The Morgan fingerprint density at radius 3 is 1.80 bits per heavy atom. The van der Waals surface area contributed by atoms with Crippen LogP contribution in [0.4, 0.5) is 0 Å². The van der Waals surface area contributed by atoms with Crippen LogP contribution in [0.15, 0.2) is 29.0 Å². The number of benzene rings is 1. The van der Waals surface area contributed by atoms with E-state index in [0.29, 0.717) is 5.75 Å². The van der Waals surface area contributed by atoms with Gasteiger partial charge in [-0.15, -0.1) is 0 Å². The number of phenolic OH excluding ortho intramolecular Hbond substituents is 1. The third-order valence-electron chi connectivity index (χ3n) is 3.46. The lowest BCUT2D eigenvalue weighted by molar-refractivity contribution is 0.420. The maximum atomic E-state index is 10.6. The first-order chi connectivity index (χ1) is 9.10. The number of hydrogen-bond donors (Lipinski definition) is 1. The van der Waals surface area contributed by atoms with Crippen molar-refractivity contribution in [1.29, 1.82) is 0 Å². The van der Waals surface area contributed by atoms with E-state index in [-0.39, 0.29) is 10.8 Å². The zero-order valence-corrected chi connectivity index (χ0v) is 13.1. The van der Waals surface area contributed by atoms with Crippen molar-refractivity contribution in [1.82, 2.24) is 5.16 Å². The Morgan fingerprint density at radius 1 is 0.950 bits per heavy atom. The van der Waals surface area contributed by atoms with Crippen LogP contribution in [0.3, 0.4) is 0 Å². The second kappa shape index (κ2) is 4.65. The van der Waals surface area contributed by atoms with Crippen LogP contribution in [0.5, 0.6) is 5.75 Å². The molecule has 0 aliphatic carbocycles. The second-order valence-electron chi connectivity index (χ2n) is 7.30. The maximum Gasteiger partial charge on any atom is 0.124 e. The Bertz CT molecular complexity index is 564. The van der Waals surface area contributed by atoms with Gasteiger partial charge in [-0.2, -0.15) is 0 Å². The van der Waals surface area contributed by atoms with E-state index in [1.165, 1.54) is 0 Å². The summed E-state index contributed by atoms with van der Waals surface area (Å²) in [7, 11) is 0. The van der Waals surface area contributed by atoms with Gasteiger partial charge in [-0.1, -0.05) is 46.7 Å². The van der Waals surface area contributed by atoms with Crippen LogP contribution in [0.2, 0.25) is 0 Å². The minimum atomic E-state index is -0.135. The average molecular weight is 273 g/mol. The molecule has 3 heteroatoms. The van der Waals surface area contributed by atoms with Crippen LogP contribution in [0, 0.1) is 0 Å². The highest BCUT2D eigenvalue weighted by molar-refractivity contribution is 5.65. The van der Waals surface area contributed by atoms with Crippen molar-refractivity contribution in [2.75, 3.05) is 0 Å². The average Bonchev–Trinajstić information content (AvgIpc) is 2.79. The molecule has 0 fully saturated rings. The highest BCUT2D eigenvalue weighted by Crippen LogP contribution is 2.41. The lowest BCUT2D eigenvalue weighted by Gasteiger charge is -2.28. The van der Waals surface area contributed by atoms with E-state index in [9.17, 15) is 5.11 Å². The first-order valence-electron chi connectivity index (χ1n) is 6.89. The molecule has 2 rings (SSSR count). The van der Waals surface area contributed by atoms with Gasteiger partial charge >= 0.3 is 0 Å². The normalized spacial score (nSPS) is 12.7. The Morgan fingerprint density at radius 2 is 1.45 bits per heavy atom. The molecule has 2 aromatic rings. The minimum absolute atomic E-state index is 0.135. The predicted molar refractivity (Wildman–Crippen MR) is 81.0 cm³/mol. The molecule has 108 valence electrons. The summed E-state index contributed by atoms with van der Waals surface area (Å²) in [6.45, 7) is 12.6. The highest BCUT2D eigenvalue weighted by Gasteiger charge is 2.27. The van der Waals surface area contributed by atoms with E-state index >= 15 is 0 Å². The zero-order chi connectivity index (χ0) is 15.1. The Kier molecular flexibility index (Phi) is 3.41. The minimum Gasteiger partial charge on any atom is -0.507 e. The molecule has 0 unspecified atom stereocenters. The Hall–Kier alpha value is -1.77. The van der Waals surface area contributed by atoms with Gasteiger partial charge in [0.25, 0.3) is 0 Å². The van der Waals surface area contributed by atoms with Crippen LogP contribution >= 0.6 is 0 Å². The summed E-state index contributed by atoms with van der Waals surface area (Å²) in [6, 6.07) is 5.84. The molecule has 0 atom stereocenters. The lowest BCUT2D eigenvalue weighted by atomic mass is 9.78. The SMILES string of the molecule is CC(C)(C)c1cc(-c2ccon2)cc(C(C)(C)C)c1O. The topological polar surface area (TPSA) is 46.3 Å². The fourth-order valence-corrected chi connectivity index (χ4v) is 2.29. The van der Waals surface area contributed by atoms with Crippen molar-refractivity contribution in [3.05, 3.63) is 35.6 Å². The zero-order valence-electron chi connectivity index (χ0n) is 13.1. The van der Waals surface area contributed by atoms with Gasteiger partial charge in [0.15, 0.2) is 0 Å². The first-order valence-corrected chi connectivity index (χ1v) is 6.89. The van der Waals surface area contributed by atoms with Crippen molar-refractivity contribution in [3.63, 3.8) is 0 Å². The molecule has 0 saturated heterocycles. The van der Waals surface area contributed by atoms with E-state index in [1.807, 2.05) is 18.2 Å². The smallest absolute Gasteiger partial charge is 0.124 e. The Balaban J connectivity index is 2.74. The molecule has 0 aliphatic heterocycles. The third-order valence-corrected chi connectivity index (χ3v) is 3.46. The fraction of sp³-hybridized carbons (Fsp3) is 0.471. The van der Waals surface area contributed by atoms with E-state index in [0.717, 1.165) is 22.4 Å². The van der Waals surface area contributed by atoms with Gasteiger partial charge in [0, 0.05) is 22.8 Å². The number of hydrogen-bond acceptors (Lipinski definition) is 3. The van der Waals surface area contributed by atoms with Crippen molar-refractivity contribution in [2.24, 2.45) is 0 Å². The molecule has 1 N–H and O–H groups in total. The van der Waals surface area contributed by atoms with Gasteiger partial charge in [-0.3, -0.25) is 0 Å². The molecule has 0 saturated carbocycles. The molecule has 1 aromatic carbocycles. The number of phenols is 1. The van der Waals surface area contributed by atoms with Gasteiger partial charge < -0.3 is 9.63 Å². The van der Waals surface area contributed by atoms with Gasteiger partial charge in [-0.25, -0.2) is 0 Å². The molecule has 1 heterocycles. The maximum absolute atomic E-state index is 10.6. The highest BCUT2D eigenvalue weighted by atomic mass is 16.5. The van der Waals surface area contributed by atoms with Crippen molar-refractivity contribution in [3.8, 4) is 17.0 Å². The molecule has 1 aromatic heterocycles. The number of aromatic hydroxyl groups is 1. The van der Waals surface area contributed by atoms with Gasteiger partial charge in [-0.05, 0) is 23.0 Å². The van der Waals surface area contributed by atoms with Crippen LogP contribution in [-0.2, 0) is 10.8 Å². The summed E-state index contributed by atoms with van der Waals surface area (Å²) in [5.41, 5.74) is 3.37. The van der Waals surface area contributed by atoms with E-state index in [2.05, 4.69) is 46.7 Å². The van der Waals surface area contributed by atoms with E-state index in [4.69, 9.17) is 4.52 Å². The van der Waals surface area contributed by atoms with Crippen LogP contribution in [0.1, 0.15) is 52.7 Å². The number of rotatable bonds is 1. The lowest BCUT2D eigenvalue weighted by Crippen LogP contribution is -2.17. The molecular weight excluding hydrogens is 250 g/mol. The summed E-state index contributed by atoms with van der Waals surface area (Å²) in [5.74, 6) is 0.386. The predicted octanol–water partition coefficient (Wildman–Crippen LogP) is 4.64. The molecular formula is C17H23NO2. The van der Waals surface area contributed by atoms with Crippen molar-refractivity contribution >= 4 is 0 Å². The van der Waals surface area contributed by atoms with Crippen LogP contribution in [-0.4, -0.2) is 10.3 Å². The fourth-order valence-electron chi connectivity index (χ4n) is 2.29. The first kappa shape index (κ1) is 14.6. The van der Waals surface area contributed by atoms with Gasteiger partial charge in [0.1, 0.15) is 17.7 Å². The molecule has 3 nitrogen and oxygen atoms in total. The molecule has 0 amide bonds. The monoisotopic (exact) mass is 273 g/mol. The Labute approximate surface area is 120 Å².